The zero-order chi connectivity index (χ0) is 15.0. The van der Waals surface area contributed by atoms with E-state index in [1.54, 1.807) is 29.0 Å². The SMILES string of the molecule is O=C(O)c1cc2ncccc2n1Cc1ccc(F)c(Cl)c1. The van der Waals surface area contributed by atoms with E-state index in [4.69, 9.17) is 11.6 Å². The fraction of sp³-hybridized carbons (Fsp3) is 0.0667. The molecule has 1 aromatic carbocycles. The Bertz CT molecular complexity index is 845. The lowest BCUT2D eigenvalue weighted by Gasteiger charge is -2.09. The minimum absolute atomic E-state index is 0.0129. The molecule has 0 saturated heterocycles. The van der Waals surface area contributed by atoms with E-state index in [9.17, 15) is 14.3 Å². The smallest absolute Gasteiger partial charge is 0.352 e. The highest BCUT2D eigenvalue weighted by atomic mass is 35.5. The standard InChI is InChI=1S/C15H10ClFN2O2/c16-10-6-9(3-4-11(10)17)8-19-13-2-1-5-18-12(13)7-14(19)15(20)21/h1-7H,8H2,(H,20,21). The third-order valence-corrected chi connectivity index (χ3v) is 3.50. The van der Waals surface area contributed by atoms with E-state index < -0.39 is 11.8 Å². The Morgan fingerprint density at radius 2 is 2.14 bits per heavy atom. The maximum Gasteiger partial charge on any atom is 0.352 e. The highest BCUT2D eigenvalue weighted by Crippen LogP contribution is 2.22. The summed E-state index contributed by atoms with van der Waals surface area (Å²) >= 11 is 5.76. The van der Waals surface area contributed by atoms with Crippen LogP contribution in [0.2, 0.25) is 5.02 Å². The Hall–Kier alpha value is -2.40. The summed E-state index contributed by atoms with van der Waals surface area (Å²) in [5.41, 5.74) is 2.15. The van der Waals surface area contributed by atoms with Crippen molar-refractivity contribution in [1.82, 2.24) is 9.55 Å². The third-order valence-electron chi connectivity index (χ3n) is 3.22. The molecule has 3 rings (SSSR count). The van der Waals surface area contributed by atoms with E-state index >= 15 is 0 Å². The zero-order valence-corrected chi connectivity index (χ0v) is 11.5. The van der Waals surface area contributed by atoms with Gasteiger partial charge in [-0.2, -0.15) is 0 Å². The number of carboxylic acids is 1. The van der Waals surface area contributed by atoms with E-state index in [0.29, 0.717) is 16.6 Å². The molecule has 0 spiro atoms. The van der Waals surface area contributed by atoms with E-state index in [0.717, 1.165) is 0 Å². The Balaban J connectivity index is 2.12. The number of aromatic carboxylic acids is 1. The lowest BCUT2D eigenvalue weighted by Crippen LogP contribution is -2.09. The highest BCUT2D eigenvalue weighted by molar-refractivity contribution is 6.30. The number of halogens is 2. The van der Waals surface area contributed by atoms with Crippen LogP contribution in [0, 0.1) is 5.82 Å². The van der Waals surface area contributed by atoms with E-state index in [1.807, 2.05) is 0 Å². The van der Waals surface area contributed by atoms with Crippen molar-refractivity contribution in [1.29, 1.82) is 0 Å². The largest absolute Gasteiger partial charge is 0.477 e. The Morgan fingerprint density at radius 1 is 1.33 bits per heavy atom. The van der Waals surface area contributed by atoms with E-state index in [2.05, 4.69) is 4.98 Å². The van der Waals surface area contributed by atoms with Gasteiger partial charge in [0.05, 0.1) is 16.1 Å². The summed E-state index contributed by atoms with van der Waals surface area (Å²) in [5, 5.41) is 9.32. The van der Waals surface area contributed by atoms with Gasteiger partial charge in [0.2, 0.25) is 0 Å². The molecule has 0 aliphatic rings. The molecule has 2 heterocycles. The van der Waals surface area contributed by atoms with Gasteiger partial charge in [0, 0.05) is 12.7 Å². The molecule has 1 N–H and O–H groups in total. The number of hydrogen-bond acceptors (Lipinski definition) is 2. The van der Waals surface area contributed by atoms with Gasteiger partial charge in [-0.15, -0.1) is 0 Å². The minimum atomic E-state index is -1.04. The van der Waals surface area contributed by atoms with Crippen LogP contribution < -0.4 is 0 Å². The summed E-state index contributed by atoms with van der Waals surface area (Å²) in [7, 11) is 0. The van der Waals surface area contributed by atoms with Gasteiger partial charge in [-0.3, -0.25) is 4.98 Å². The quantitative estimate of drug-likeness (QED) is 0.804. The van der Waals surface area contributed by atoms with Crippen LogP contribution in [0.15, 0.2) is 42.6 Å². The van der Waals surface area contributed by atoms with Crippen molar-refractivity contribution in [3.8, 4) is 0 Å². The van der Waals surface area contributed by atoms with Crippen molar-refractivity contribution < 1.29 is 14.3 Å². The summed E-state index contributed by atoms with van der Waals surface area (Å²) in [6, 6.07) is 9.38. The molecule has 0 atom stereocenters. The van der Waals surface area contributed by atoms with Crippen molar-refractivity contribution in [2.24, 2.45) is 0 Å². The molecular weight excluding hydrogens is 295 g/mol. The first kappa shape index (κ1) is 13.6. The number of aromatic nitrogens is 2. The lowest BCUT2D eigenvalue weighted by atomic mass is 10.2. The number of hydrogen-bond donors (Lipinski definition) is 1. The maximum atomic E-state index is 13.2. The lowest BCUT2D eigenvalue weighted by molar-refractivity contribution is 0.0686. The first-order valence-electron chi connectivity index (χ1n) is 6.18. The van der Waals surface area contributed by atoms with E-state index in [-0.39, 0.29) is 17.3 Å². The van der Waals surface area contributed by atoms with Crippen LogP contribution in [0.5, 0.6) is 0 Å². The number of nitrogens with zero attached hydrogens (tertiary/aromatic N) is 2. The number of carboxylic acid groups (broad SMARTS) is 1. The normalized spacial score (nSPS) is 11.0. The Kier molecular flexibility index (Phi) is 3.35. The highest BCUT2D eigenvalue weighted by Gasteiger charge is 2.15. The number of benzene rings is 1. The summed E-state index contributed by atoms with van der Waals surface area (Å²) in [6.07, 6.45) is 1.60. The molecule has 0 aliphatic heterocycles. The van der Waals surface area contributed by atoms with Gasteiger partial charge < -0.3 is 9.67 Å². The van der Waals surface area contributed by atoms with Crippen molar-refractivity contribution in [2.75, 3.05) is 0 Å². The molecule has 3 aromatic rings. The second-order valence-electron chi connectivity index (χ2n) is 4.58. The fourth-order valence-electron chi connectivity index (χ4n) is 2.25. The minimum Gasteiger partial charge on any atom is -0.477 e. The van der Waals surface area contributed by atoms with Gasteiger partial charge in [0.15, 0.2) is 0 Å². The van der Waals surface area contributed by atoms with Crippen molar-refractivity contribution in [3.63, 3.8) is 0 Å². The average Bonchev–Trinajstić information content (AvgIpc) is 2.82. The molecule has 0 unspecified atom stereocenters. The van der Waals surface area contributed by atoms with Crippen molar-refractivity contribution in [3.05, 3.63) is 64.7 Å². The molecule has 0 amide bonds. The molecule has 0 fully saturated rings. The van der Waals surface area contributed by atoms with Gasteiger partial charge in [-0.1, -0.05) is 17.7 Å². The molecule has 0 saturated carbocycles. The Morgan fingerprint density at radius 3 is 2.86 bits per heavy atom. The second kappa shape index (κ2) is 5.18. The van der Waals surface area contributed by atoms with Crippen molar-refractivity contribution >= 4 is 28.6 Å². The van der Waals surface area contributed by atoms with Crippen LogP contribution >= 0.6 is 11.6 Å². The van der Waals surface area contributed by atoms with Gasteiger partial charge in [-0.05, 0) is 35.9 Å². The van der Waals surface area contributed by atoms with Gasteiger partial charge >= 0.3 is 5.97 Å². The summed E-state index contributed by atoms with van der Waals surface area (Å²) in [4.78, 5) is 15.5. The molecule has 106 valence electrons. The molecule has 21 heavy (non-hydrogen) atoms. The van der Waals surface area contributed by atoms with Gasteiger partial charge in [0.25, 0.3) is 0 Å². The first-order chi connectivity index (χ1) is 10.1. The van der Waals surface area contributed by atoms with Crippen LogP contribution in [0.4, 0.5) is 4.39 Å². The van der Waals surface area contributed by atoms with Crippen molar-refractivity contribution in [2.45, 2.75) is 6.54 Å². The monoisotopic (exact) mass is 304 g/mol. The third kappa shape index (κ3) is 2.48. The van der Waals surface area contributed by atoms with Crippen LogP contribution in [-0.4, -0.2) is 20.6 Å². The molecule has 0 radical (unpaired) electrons. The number of fused-ring (bicyclic) bond motifs is 1. The Labute approximate surface area is 124 Å². The molecule has 0 aliphatic carbocycles. The van der Waals surface area contributed by atoms with Gasteiger partial charge in [0.1, 0.15) is 11.5 Å². The molecule has 4 nitrogen and oxygen atoms in total. The predicted molar refractivity (Wildman–Crippen MR) is 77.2 cm³/mol. The van der Waals surface area contributed by atoms with Crippen LogP contribution in [0.3, 0.4) is 0 Å². The summed E-state index contributed by atoms with van der Waals surface area (Å²) in [6.45, 7) is 0.275. The molecule has 6 heteroatoms. The number of rotatable bonds is 3. The predicted octanol–water partition coefficient (Wildman–Crippen LogP) is 3.58. The number of pyridine rings is 1. The topological polar surface area (TPSA) is 55.1 Å². The number of carbonyl (C=O) groups is 1. The fourth-order valence-corrected chi connectivity index (χ4v) is 2.46. The average molecular weight is 305 g/mol. The second-order valence-corrected chi connectivity index (χ2v) is 4.98. The van der Waals surface area contributed by atoms with Gasteiger partial charge in [-0.25, -0.2) is 9.18 Å². The molecular formula is C15H10ClFN2O2. The van der Waals surface area contributed by atoms with Crippen LogP contribution in [0.25, 0.3) is 11.0 Å². The van der Waals surface area contributed by atoms with Crippen LogP contribution in [-0.2, 0) is 6.54 Å². The molecule has 0 bridgehead atoms. The molecule has 2 aromatic heterocycles. The van der Waals surface area contributed by atoms with E-state index in [1.165, 1.54) is 18.2 Å². The first-order valence-corrected chi connectivity index (χ1v) is 6.55. The summed E-state index contributed by atoms with van der Waals surface area (Å²) < 4.78 is 14.8. The maximum absolute atomic E-state index is 13.2. The zero-order valence-electron chi connectivity index (χ0n) is 10.8. The summed E-state index contributed by atoms with van der Waals surface area (Å²) in [5.74, 6) is -1.54. The van der Waals surface area contributed by atoms with Crippen LogP contribution in [0.1, 0.15) is 16.1 Å².